The second-order valence-electron chi connectivity index (χ2n) is 6.33. The molecule has 0 saturated carbocycles. The molecule has 0 fully saturated rings. The first kappa shape index (κ1) is 21.9. The highest BCUT2D eigenvalue weighted by molar-refractivity contribution is 5.72. The first-order chi connectivity index (χ1) is 14.1. The number of rotatable bonds is 8. The largest absolute Gasteiger partial charge is 0.489 e. The van der Waals surface area contributed by atoms with E-state index in [2.05, 4.69) is 29.1 Å². The maximum atomic E-state index is 10.6. The molecule has 152 valence electrons. The van der Waals surface area contributed by atoms with Crippen LogP contribution in [-0.2, 0) is 11.4 Å². The maximum Gasteiger partial charge on any atom is 0.322 e. The van der Waals surface area contributed by atoms with Crippen molar-refractivity contribution in [2.45, 2.75) is 33.3 Å². The van der Waals surface area contributed by atoms with Gasteiger partial charge in [-0.05, 0) is 29.8 Å². The van der Waals surface area contributed by atoms with Crippen molar-refractivity contribution in [1.82, 2.24) is 9.97 Å². The Morgan fingerprint density at radius 1 is 1.00 bits per heavy atom. The average molecular weight is 393 g/mol. The zero-order chi connectivity index (χ0) is 20.9. The van der Waals surface area contributed by atoms with E-state index in [9.17, 15) is 4.79 Å². The number of carboxylic acid groups (broad SMARTS) is 1. The number of benzene rings is 2. The van der Waals surface area contributed by atoms with Crippen molar-refractivity contribution < 1.29 is 14.6 Å². The molecule has 2 aromatic carbocycles. The Labute approximate surface area is 171 Å². The Balaban J connectivity index is 0.000000687. The fourth-order valence-corrected chi connectivity index (χ4v) is 2.24. The monoisotopic (exact) mass is 393 g/mol. The summed E-state index contributed by atoms with van der Waals surface area (Å²) in [6.07, 6.45) is 4.04. The molecular weight excluding hydrogens is 366 g/mol. The van der Waals surface area contributed by atoms with Gasteiger partial charge in [-0.3, -0.25) is 4.79 Å². The lowest BCUT2D eigenvalue weighted by molar-refractivity contribution is -0.134. The smallest absolute Gasteiger partial charge is 0.322 e. The standard InChI is InChI=1S/C19H17N3O3.C4H10/c23-19(24)11-20-18-10-17(21-13-22-18)15-6-8-16(9-7-15)25-12-14-4-2-1-3-5-14;1-3-4-2/h1-10,13H,11-12H2,(H,23,24)(H,20,21,22);3-4H2,1-2H3. The number of aliphatic carboxylic acids is 1. The van der Waals surface area contributed by atoms with Crippen molar-refractivity contribution in [3.05, 3.63) is 72.6 Å². The van der Waals surface area contributed by atoms with E-state index in [1.165, 1.54) is 19.2 Å². The third-order valence-corrected chi connectivity index (χ3v) is 3.99. The van der Waals surface area contributed by atoms with Gasteiger partial charge < -0.3 is 15.2 Å². The number of unbranched alkanes of at least 4 members (excludes halogenated alkanes) is 1. The van der Waals surface area contributed by atoms with Crippen molar-refractivity contribution in [1.29, 1.82) is 0 Å². The van der Waals surface area contributed by atoms with Crippen LogP contribution in [0.25, 0.3) is 11.3 Å². The summed E-state index contributed by atoms with van der Waals surface area (Å²) < 4.78 is 5.76. The van der Waals surface area contributed by atoms with Gasteiger partial charge in [-0.1, -0.05) is 57.0 Å². The number of nitrogens with zero attached hydrogens (tertiary/aromatic N) is 2. The van der Waals surface area contributed by atoms with Crippen LogP contribution in [0.2, 0.25) is 0 Å². The molecule has 1 aromatic heterocycles. The van der Waals surface area contributed by atoms with E-state index in [0.29, 0.717) is 18.1 Å². The van der Waals surface area contributed by atoms with Crippen molar-refractivity contribution in [3.8, 4) is 17.0 Å². The minimum atomic E-state index is -0.944. The van der Waals surface area contributed by atoms with Crippen LogP contribution in [0, 0.1) is 0 Å². The van der Waals surface area contributed by atoms with Crippen LogP contribution in [0.1, 0.15) is 32.3 Å². The molecule has 1 heterocycles. The van der Waals surface area contributed by atoms with Gasteiger partial charge in [0.05, 0.1) is 5.69 Å². The van der Waals surface area contributed by atoms with Crippen LogP contribution in [0.15, 0.2) is 67.0 Å². The van der Waals surface area contributed by atoms with E-state index in [0.717, 1.165) is 16.9 Å². The summed E-state index contributed by atoms with van der Waals surface area (Å²) in [7, 11) is 0. The molecule has 0 unspecified atom stereocenters. The quantitative estimate of drug-likeness (QED) is 0.559. The van der Waals surface area contributed by atoms with E-state index in [4.69, 9.17) is 9.84 Å². The predicted molar refractivity (Wildman–Crippen MR) is 115 cm³/mol. The molecule has 0 spiro atoms. The van der Waals surface area contributed by atoms with Gasteiger partial charge in [-0.15, -0.1) is 0 Å². The summed E-state index contributed by atoms with van der Waals surface area (Å²) in [5.41, 5.74) is 2.71. The molecule has 2 N–H and O–H groups in total. The van der Waals surface area contributed by atoms with Gasteiger partial charge in [0.2, 0.25) is 0 Å². The van der Waals surface area contributed by atoms with Crippen LogP contribution in [-0.4, -0.2) is 27.6 Å². The van der Waals surface area contributed by atoms with Gasteiger partial charge in [0.1, 0.15) is 31.0 Å². The summed E-state index contributed by atoms with van der Waals surface area (Å²) in [5, 5.41) is 11.4. The lowest BCUT2D eigenvalue weighted by Crippen LogP contribution is -2.13. The van der Waals surface area contributed by atoms with Gasteiger partial charge in [-0.25, -0.2) is 9.97 Å². The van der Waals surface area contributed by atoms with Crippen LogP contribution in [0.4, 0.5) is 5.82 Å². The van der Waals surface area contributed by atoms with Gasteiger partial charge in [0, 0.05) is 11.6 Å². The molecular formula is C23H27N3O3. The first-order valence-electron chi connectivity index (χ1n) is 9.67. The molecule has 6 nitrogen and oxygen atoms in total. The Morgan fingerprint density at radius 3 is 2.31 bits per heavy atom. The number of ether oxygens (including phenoxy) is 1. The molecule has 0 aliphatic rings. The fourth-order valence-electron chi connectivity index (χ4n) is 2.24. The first-order valence-corrected chi connectivity index (χ1v) is 9.67. The number of anilines is 1. The normalized spacial score (nSPS) is 9.86. The van der Waals surface area contributed by atoms with Crippen molar-refractivity contribution in [2.24, 2.45) is 0 Å². The molecule has 0 aliphatic carbocycles. The molecule has 29 heavy (non-hydrogen) atoms. The number of nitrogens with one attached hydrogen (secondary N) is 1. The summed E-state index contributed by atoms with van der Waals surface area (Å²) in [5.74, 6) is 0.294. The SMILES string of the molecule is CCCC.O=C(O)CNc1cc(-c2ccc(OCc3ccccc3)cc2)ncn1. The highest BCUT2D eigenvalue weighted by atomic mass is 16.5. The molecule has 0 atom stereocenters. The molecule has 3 aromatic rings. The summed E-state index contributed by atoms with van der Waals surface area (Å²) in [6.45, 7) is 4.68. The van der Waals surface area contributed by atoms with E-state index in [1.54, 1.807) is 6.07 Å². The summed E-state index contributed by atoms with van der Waals surface area (Å²) in [4.78, 5) is 18.8. The predicted octanol–water partition coefficient (Wildman–Crippen LogP) is 5.03. The second-order valence-corrected chi connectivity index (χ2v) is 6.33. The van der Waals surface area contributed by atoms with Crippen LogP contribution in [0.5, 0.6) is 5.75 Å². The van der Waals surface area contributed by atoms with Gasteiger partial charge in [-0.2, -0.15) is 0 Å². The molecule has 3 rings (SSSR count). The molecule has 0 bridgehead atoms. The maximum absolute atomic E-state index is 10.6. The van der Waals surface area contributed by atoms with Crippen molar-refractivity contribution >= 4 is 11.8 Å². The van der Waals surface area contributed by atoms with Gasteiger partial charge in [0.15, 0.2) is 0 Å². The number of hydrogen-bond acceptors (Lipinski definition) is 5. The zero-order valence-corrected chi connectivity index (χ0v) is 16.8. The minimum Gasteiger partial charge on any atom is -0.489 e. The second kappa shape index (κ2) is 12.1. The van der Waals surface area contributed by atoms with Crippen LogP contribution in [0.3, 0.4) is 0 Å². The Bertz CT molecular complexity index is 866. The van der Waals surface area contributed by atoms with E-state index in [1.807, 2.05) is 54.6 Å². The Morgan fingerprint density at radius 2 is 1.69 bits per heavy atom. The van der Waals surface area contributed by atoms with Crippen LogP contribution < -0.4 is 10.1 Å². The summed E-state index contributed by atoms with van der Waals surface area (Å²) >= 11 is 0. The average Bonchev–Trinajstić information content (AvgIpc) is 2.78. The molecule has 6 heteroatoms. The topological polar surface area (TPSA) is 84.3 Å². The van der Waals surface area contributed by atoms with Crippen LogP contribution >= 0.6 is 0 Å². The van der Waals surface area contributed by atoms with E-state index >= 15 is 0 Å². The Kier molecular flexibility index (Phi) is 9.15. The van der Waals surface area contributed by atoms with Crippen molar-refractivity contribution in [2.75, 3.05) is 11.9 Å². The highest BCUT2D eigenvalue weighted by Gasteiger charge is 2.04. The fraction of sp³-hybridized carbons (Fsp3) is 0.261. The highest BCUT2D eigenvalue weighted by Crippen LogP contribution is 2.22. The lowest BCUT2D eigenvalue weighted by atomic mass is 10.1. The number of hydrogen-bond donors (Lipinski definition) is 2. The molecule has 0 aliphatic heterocycles. The summed E-state index contributed by atoms with van der Waals surface area (Å²) in [6, 6.07) is 19.2. The number of aromatic nitrogens is 2. The molecule has 0 radical (unpaired) electrons. The van der Waals surface area contributed by atoms with Gasteiger partial charge in [0.25, 0.3) is 0 Å². The van der Waals surface area contributed by atoms with E-state index < -0.39 is 5.97 Å². The Hall–Kier alpha value is -3.41. The minimum absolute atomic E-state index is 0.192. The lowest BCUT2D eigenvalue weighted by Gasteiger charge is -2.08. The molecule has 0 amide bonds. The van der Waals surface area contributed by atoms with Gasteiger partial charge >= 0.3 is 5.97 Å². The van der Waals surface area contributed by atoms with Crippen molar-refractivity contribution in [3.63, 3.8) is 0 Å². The third kappa shape index (κ3) is 8.01. The number of carboxylic acids is 1. The third-order valence-electron chi connectivity index (χ3n) is 3.99. The molecule has 0 saturated heterocycles. The zero-order valence-electron chi connectivity index (χ0n) is 16.8. The number of carbonyl (C=O) groups is 1. The van der Waals surface area contributed by atoms with E-state index in [-0.39, 0.29) is 6.54 Å².